The first-order chi connectivity index (χ1) is 7.72. The van der Waals surface area contributed by atoms with Crippen LogP contribution in [-0.2, 0) is 15.9 Å². The summed E-state index contributed by atoms with van der Waals surface area (Å²) in [6.07, 6.45) is 0.818. The summed E-state index contributed by atoms with van der Waals surface area (Å²) in [5.41, 5.74) is 3.78. The average Bonchev–Trinajstić information content (AvgIpc) is 2.31. The van der Waals surface area contributed by atoms with Gasteiger partial charge in [-0.15, -0.1) is 0 Å². The lowest BCUT2D eigenvalue weighted by Crippen LogP contribution is -2.24. The van der Waals surface area contributed by atoms with Crippen molar-refractivity contribution in [3.63, 3.8) is 0 Å². The van der Waals surface area contributed by atoms with Crippen molar-refractivity contribution in [2.45, 2.75) is 26.6 Å². The summed E-state index contributed by atoms with van der Waals surface area (Å²) in [5, 5.41) is 3.38. The Morgan fingerprint density at radius 2 is 1.94 bits per heavy atom. The van der Waals surface area contributed by atoms with E-state index in [0.717, 1.165) is 6.42 Å². The third-order valence-corrected chi connectivity index (χ3v) is 2.71. The number of methoxy groups -OCH3 is 2. The molecule has 0 saturated carbocycles. The maximum Gasteiger partial charge on any atom is 0.173 e. The molecule has 3 nitrogen and oxygen atoms in total. The van der Waals surface area contributed by atoms with Crippen molar-refractivity contribution in [2.75, 3.05) is 26.1 Å². The van der Waals surface area contributed by atoms with Gasteiger partial charge in [-0.2, -0.15) is 0 Å². The van der Waals surface area contributed by atoms with Gasteiger partial charge in [-0.25, -0.2) is 0 Å². The monoisotopic (exact) mass is 223 g/mol. The van der Waals surface area contributed by atoms with Crippen LogP contribution in [0.5, 0.6) is 0 Å². The van der Waals surface area contributed by atoms with Gasteiger partial charge in [0.15, 0.2) is 6.29 Å². The Bertz CT molecular complexity index is 322. The lowest BCUT2D eigenvalue weighted by molar-refractivity contribution is -0.0914. The molecule has 0 unspecified atom stereocenters. The van der Waals surface area contributed by atoms with Crippen molar-refractivity contribution < 1.29 is 9.47 Å². The van der Waals surface area contributed by atoms with Crippen LogP contribution in [0.1, 0.15) is 18.1 Å². The van der Waals surface area contributed by atoms with E-state index in [9.17, 15) is 0 Å². The van der Waals surface area contributed by atoms with Gasteiger partial charge in [-0.3, -0.25) is 0 Å². The van der Waals surface area contributed by atoms with E-state index in [2.05, 4.69) is 37.4 Å². The molecule has 90 valence electrons. The van der Waals surface area contributed by atoms with E-state index >= 15 is 0 Å². The molecular weight excluding hydrogens is 202 g/mol. The molecular formula is C13H21NO2. The number of ether oxygens (including phenoxy) is 2. The predicted octanol–water partition coefficient (Wildman–Crippen LogP) is 2.59. The molecule has 0 aliphatic rings. The van der Waals surface area contributed by atoms with Gasteiger partial charge in [0.1, 0.15) is 0 Å². The van der Waals surface area contributed by atoms with E-state index in [1.807, 2.05) is 0 Å². The van der Waals surface area contributed by atoms with Gasteiger partial charge in [0, 0.05) is 19.9 Å². The second kappa shape index (κ2) is 6.51. The molecule has 0 radical (unpaired) electrons. The quantitative estimate of drug-likeness (QED) is 0.752. The van der Waals surface area contributed by atoms with Crippen LogP contribution in [0, 0.1) is 6.92 Å². The molecule has 0 spiro atoms. The summed E-state index contributed by atoms with van der Waals surface area (Å²) in [7, 11) is 3.29. The molecule has 3 heteroatoms. The summed E-state index contributed by atoms with van der Waals surface area (Å²) >= 11 is 0. The second-order valence-electron chi connectivity index (χ2n) is 3.74. The highest BCUT2D eigenvalue weighted by Crippen LogP contribution is 2.20. The van der Waals surface area contributed by atoms with Crippen molar-refractivity contribution in [3.8, 4) is 0 Å². The SMILES string of the molecule is CCc1cccc(C)c1NCC(OC)OC. The van der Waals surface area contributed by atoms with Gasteiger partial charge in [-0.05, 0) is 24.5 Å². The molecule has 0 heterocycles. The molecule has 1 aromatic rings. The van der Waals surface area contributed by atoms with E-state index in [1.165, 1.54) is 16.8 Å². The molecule has 0 atom stereocenters. The molecule has 0 aliphatic carbocycles. The standard InChI is InChI=1S/C13H21NO2/c1-5-11-8-6-7-10(2)13(11)14-9-12(15-3)16-4/h6-8,12,14H,5,9H2,1-4H3. The normalized spacial score (nSPS) is 10.8. The van der Waals surface area contributed by atoms with Crippen molar-refractivity contribution in [1.29, 1.82) is 0 Å². The van der Waals surface area contributed by atoms with E-state index in [-0.39, 0.29) is 6.29 Å². The Labute approximate surface area is 97.8 Å². The van der Waals surface area contributed by atoms with Gasteiger partial charge >= 0.3 is 0 Å². The topological polar surface area (TPSA) is 30.5 Å². The number of benzene rings is 1. The maximum absolute atomic E-state index is 5.15. The first-order valence-electron chi connectivity index (χ1n) is 5.60. The second-order valence-corrected chi connectivity index (χ2v) is 3.74. The van der Waals surface area contributed by atoms with Crippen molar-refractivity contribution >= 4 is 5.69 Å². The molecule has 1 aromatic carbocycles. The minimum absolute atomic E-state index is 0.204. The Morgan fingerprint density at radius 3 is 2.50 bits per heavy atom. The highest BCUT2D eigenvalue weighted by Gasteiger charge is 2.08. The number of hydrogen-bond donors (Lipinski definition) is 1. The van der Waals surface area contributed by atoms with E-state index in [4.69, 9.17) is 9.47 Å². The van der Waals surface area contributed by atoms with Gasteiger partial charge in [0.05, 0.1) is 6.54 Å². The summed E-state index contributed by atoms with van der Waals surface area (Å²) in [6.45, 7) is 4.92. The number of nitrogens with one attached hydrogen (secondary N) is 1. The summed E-state index contributed by atoms with van der Waals surface area (Å²) in [6, 6.07) is 6.34. The highest BCUT2D eigenvalue weighted by atomic mass is 16.7. The molecule has 0 aromatic heterocycles. The molecule has 0 bridgehead atoms. The van der Waals surface area contributed by atoms with Gasteiger partial charge in [-0.1, -0.05) is 25.1 Å². The minimum atomic E-state index is -0.204. The van der Waals surface area contributed by atoms with Crippen molar-refractivity contribution in [2.24, 2.45) is 0 Å². The lowest BCUT2D eigenvalue weighted by atomic mass is 10.1. The van der Waals surface area contributed by atoms with Crippen LogP contribution in [-0.4, -0.2) is 27.1 Å². The number of anilines is 1. The largest absolute Gasteiger partial charge is 0.380 e. The van der Waals surface area contributed by atoms with Gasteiger partial charge in [0.25, 0.3) is 0 Å². The molecule has 16 heavy (non-hydrogen) atoms. The van der Waals surface area contributed by atoms with E-state index < -0.39 is 0 Å². The predicted molar refractivity (Wildman–Crippen MR) is 66.9 cm³/mol. The minimum Gasteiger partial charge on any atom is -0.380 e. The zero-order valence-electron chi connectivity index (χ0n) is 10.5. The first-order valence-corrected chi connectivity index (χ1v) is 5.60. The lowest BCUT2D eigenvalue weighted by Gasteiger charge is -2.18. The molecule has 1 rings (SSSR count). The Morgan fingerprint density at radius 1 is 1.25 bits per heavy atom. The molecule has 1 N–H and O–H groups in total. The first kappa shape index (κ1) is 13.0. The van der Waals surface area contributed by atoms with Crippen LogP contribution < -0.4 is 5.32 Å². The zero-order chi connectivity index (χ0) is 12.0. The molecule has 0 saturated heterocycles. The third kappa shape index (κ3) is 3.22. The third-order valence-electron chi connectivity index (χ3n) is 2.71. The summed E-state index contributed by atoms with van der Waals surface area (Å²) in [4.78, 5) is 0. The Hall–Kier alpha value is -1.06. The van der Waals surface area contributed by atoms with Crippen LogP contribution in [0.2, 0.25) is 0 Å². The van der Waals surface area contributed by atoms with E-state index in [1.54, 1.807) is 14.2 Å². The Kier molecular flexibility index (Phi) is 5.29. The average molecular weight is 223 g/mol. The maximum atomic E-state index is 5.15. The van der Waals surface area contributed by atoms with Crippen LogP contribution >= 0.6 is 0 Å². The van der Waals surface area contributed by atoms with Crippen LogP contribution in [0.3, 0.4) is 0 Å². The number of rotatable bonds is 6. The van der Waals surface area contributed by atoms with Crippen molar-refractivity contribution in [1.82, 2.24) is 0 Å². The summed E-state index contributed by atoms with van der Waals surface area (Å²) in [5.74, 6) is 0. The van der Waals surface area contributed by atoms with Gasteiger partial charge in [0.2, 0.25) is 0 Å². The fraction of sp³-hybridized carbons (Fsp3) is 0.538. The van der Waals surface area contributed by atoms with Crippen molar-refractivity contribution in [3.05, 3.63) is 29.3 Å². The molecule has 0 amide bonds. The molecule has 0 aliphatic heterocycles. The Balaban J connectivity index is 2.72. The summed E-state index contributed by atoms with van der Waals surface area (Å²) < 4.78 is 10.3. The number of para-hydroxylation sites is 1. The zero-order valence-corrected chi connectivity index (χ0v) is 10.5. The van der Waals surface area contributed by atoms with E-state index in [0.29, 0.717) is 6.54 Å². The smallest absolute Gasteiger partial charge is 0.173 e. The van der Waals surface area contributed by atoms with Crippen LogP contribution in [0.4, 0.5) is 5.69 Å². The van der Waals surface area contributed by atoms with Crippen LogP contribution in [0.25, 0.3) is 0 Å². The van der Waals surface area contributed by atoms with Crippen LogP contribution in [0.15, 0.2) is 18.2 Å². The fourth-order valence-electron chi connectivity index (χ4n) is 1.72. The van der Waals surface area contributed by atoms with Gasteiger partial charge < -0.3 is 14.8 Å². The fourth-order valence-corrected chi connectivity index (χ4v) is 1.72. The highest BCUT2D eigenvalue weighted by molar-refractivity contribution is 5.57. The number of aryl methyl sites for hydroxylation is 2. The number of hydrogen-bond acceptors (Lipinski definition) is 3. The molecule has 0 fully saturated rings.